The molecule has 0 spiro atoms. The molecule has 3 aromatic carbocycles. The first kappa shape index (κ1) is 22.1. The van der Waals surface area contributed by atoms with Gasteiger partial charge in [0.25, 0.3) is 5.54 Å². The van der Waals surface area contributed by atoms with Gasteiger partial charge >= 0.3 is 0 Å². The van der Waals surface area contributed by atoms with Crippen molar-refractivity contribution in [3.8, 4) is 17.3 Å². The van der Waals surface area contributed by atoms with Crippen molar-refractivity contribution in [1.82, 2.24) is 4.98 Å². The summed E-state index contributed by atoms with van der Waals surface area (Å²) in [6.45, 7) is 1.83. The van der Waals surface area contributed by atoms with Crippen LogP contribution in [0.2, 0.25) is 0 Å². The summed E-state index contributed by atoms with van der Waals surface area (Å²) in [5.74, 6) is -0.604. The third kappa shape index (κ3) is 2.96. The van der Waals surface area contributed by atoms with Gasteiger partial charge in [-0.05, 0) is 30.2 Å². The van der Waals surface area contributed by atoms with Gasteiger partial charge in [0.1, 0.15) is 0 Å². The van der Waals surface area contributed by atoms with Gasteiger partial charge in [-0.3, -0.25) is 14.9 Å². The average Bonchev–Trinajstić information content (AvgIpc) is 3.37. The summed E-state index contributed by atoms with van der Waals surface area (Å²) in [5.41, 5.74) is 2.52. The zero-order valence-electron chi connectivity index (χ0n) is 19.3. The number of anilines is 1. The van der Waals surface area contributed by atoms with Crippen molar-refractivity contribution in [3.63, 3.8) is 0 Å². The number of fused-ring (bicyclic) bond motifs is 1. The zero-order valence-corrected chi connectivity index (χ0v) is 20.1. The molecular weight excluding hydrogens is 472 g/mol. The van der Waals surface area contributed by atoms with Crippen molar-refractivity contribution in [3.05, 3.63) is 116 Å². The second-order valence-electron chi connectivity index (χ2n) is 9.50. The Kier molecular flexibility index (Phi) is 4.82. The fourth-order valence-corrected chi connectivity index (χ4v) is 6.68. The second kappa shape index (κ2) is 7.83. The Morgan fingerprint density at radius 2 is 1.69 bits per heavy atom. The number of aromatic nitrogens is 1. The van der Waals surface area contributed by atoms with Crippen LogP contribution >= 0.6 is 11.3 Å². The van der Waals surface area contributed by atoms with Crippen LogP contribution in [-0.2, 0) is 10.3 Å². The predicted molar refractivity (Wildman–Crippen MR) is 136 cm³/mol. The van der Waals surface area contributed by atoms with Crippen LogP contribution in [0.5, 0.6) is 0 Å². The van der Waals surface area contributed by atoms with Crippen molar-refractivity contribution < 1.29 is 9.72 Å². The van der Waals surface area contributed by atoms with Crippen LogP contribution in [-0.4, -0.2) is 15.8 Å². The summed E-state index contributed by atoms with van der Waals surface area (Å²) in [6, 6.07) is 24.0. The number of nitriles is 1. The quantitative estimate of drug-likeness (QED) is 0.290. The Bertz CT molecular complexity index is 1540. The molecule has 0 radical (unpaired) electrons. The van der Waals surface area contributed by atoms with Crippen LogP contribution < -0.4 is 5.32 Å². The van der Waals surface area contributed by atoms with Crippen LogP contribution in [0.25, 0.3) is 11.3 Å². The van der Waals surface area contributed by atoms with Gasteiger partial charge in [-0.25, -0.2) is 4.98 Å². The molecule has 1 N–H and O–H groups in total. The second-order valence-corrected chi connectivity index (χ2v) is 10.4. The van der Waals surface area contributed by atoms with E-state index in [0.29, 0.717) is 27.5 Å². The van der Waals surface area contributed by atoms with Gasteiger partial charge in [0.2, 0.25) is 5.91 Å². The van der Waals surface area contributed by atoms with Crippen LogP contribution in [0.15, 0.2) is 78.2 Å². The molecule has 0 saturated carbocycles. The molecule has 1 heterocycles. The number of hydrogen-bond donors (Lipinski definition) is 1. The first-order valence-electron chi connectivity index (χ1n) is 11.5. The molecule has 0 aliphatic heterocycles. The highest BCUT2D eigenvalue weighted by atomic mass is 32.1. The third-order valence-corrected chi connectivity index (χ3v) is 8.32. The molecule has 2 bridgehead atoms. The van der Waals surface area contributed by atoms with E-state index in [2.05, 4.69) is 16.4 Å². The van der Waals surface area contributed by atoms with E-state index < -0.39 is 11.0 Å². The Hall–Kier alpha value is -4.35. The highest BCUT2D eigenvalue weighted by Gasteiger charge is 2.67. The van der Waals surface area contributed by atoms with Crippen LogP contribution in [0.4, 0.5) is 5.13 Å². The fraction of sp³-hybridized carbons (Fsp3) is 0.179. The van der Waals surface area contributed by atoms with Crippen molar-refractivity contribution in [1.29, 1.82) is 5.26 Å². The van der Waals surface area contributed by atoms with Crippen molar-refractivity contribution in [2.45, 2.75) is 24.8 Å². The number of nitro groups is 1. The van der Waals surface area contributed by atoms with Gasteiger partial charge in [-0.15, -0.1) is 11.3 Å². The largest absolute Gasteiger partial charge is 0.301 e. The van der Waals surface area contributed by atoms with E-state index in [1.165, 1.54) is 11.3 Å². The molecule has 0 saturated heterocycles. The maximum Gasteiger partial charge on any atom is 0.273 e. The number of hydrogen-bond acceptors (Lipinski definition) is 6. The van der Waals surface area contributed by atoms with E-state index in [1.807, 2.05) is 73.0 Å². The van der Waals surface area contributed by atoms with Crippen LogP contribution in [0, 0.1) is 26.9 Å². The highest BCUT2D eigenvalue weighted by molar-refractivity contribution is 7.14. The molecule has 176 valence electrons. The lowest BCUT2D eigenvalue weighted by Gasteiger charge is -2.52. The van der Waals surface area contributed by atoms with Gasteiger partial charge in [0.05, 0.1) is 22.7 Å². The average molecular weight is 493 g/mol. The summed E-state index contributed by atoms with van der Waals surface area (Å²) in [7, 11) is 0. The first-order valence-corrected chi connectivity index (χ1v) is 12.4. The summed E-state index contributed by atoms with van der Waals surface area (Å²) in [5, 5.41) is 27.0. The SMILES string of the molecule is CC1(C(=O)Nc2nc(-c3ccc(C#N)cc3)cs2)CC2([N+](=O)[O-])c3ccccc3C1c1ccccc12. The lowest BCUT2D eigenvalue weighted by atomic mass is 9.49. The maximum absolute atomic E-state index is 13.9. The molecule has 1 aromatic heterocycles. The van der Waals surface area contributed by atoms with Gasteiger partial charge in [0.15, 0.2) is 5.13 Å². The standard InChI is InChI=1S/C28H20N4O3S/c1-27(25(33)31-26-30-23(15-36-26)18-12-10-17(14-29)11-13-18)16-28(32(34)35)21-8-4-2-6-19(21)24(27)20-7-3-5-9-22(20)28/h2-13,15,24H,16H2,1H3,(H,30,31,33). The Morgan fingerprint density at radius 3 is 2.28 bits per heavy atom. The molecule has 8 heteroatoms. The molecule has 7 rings (SSSR count). The van der Waals surface area contributed by atoms with E-state index in [-0.39, 0.29) is 23.2 Å². The molecule has 4 aromatic rings. The monoisotopic (exact) mass is 492 g/mol. The van der Waals surface area contributed by atoms with Gasteiger partial charge in [-0.2, -0.15) is 5.26 Å². The number of thiazole rings is 1. The number of rotatable bonds is 4. The smallest absolute Gasteiger partial charge is 0.273 e. The van der Waals surface area contributed by atoms with Crippen molar-refractivity contribution in [2.75, 3.05) is 5.32 Å². The van der Waals surface area contributed by atoms with Crippen molar-refractivity contribution >= 4 is 22.4 Å². The summed E-state index contributed by atoms with van der Waals surface area (Å²) in [6.07, 6.45) is 0.0609. The Labute approximate surface area is 211 Å². The van der Waals surface area contributed by atoms with Crippen LogP contribution in [0.1, 0.15) is 47.1 Å². The molecular formula is C28H20N4O3S. The Balaban J connectivity index is 1.40. The lowest BCUT2D eigenvalue weighted by Crippen LogP contribution is -2.57. The first-order chi connectivity index (χ1) is 17.4. The number of carbonyl (C=O) groups excluding carboxylic acids is 1. The van der Waals surface area contributed by atoms with Gasteiger partial charge < -0.3 is 5.32 Å². The van der Waals surface area contributed by atoms with E-state index in [1.54, 1.807) is 12.1 Å². The minimum absolute atomic E-state index is 0.0609. The predicted octanol–water partition coefficient (Wildman–Crippen LogP) is 5.70. The van der Waals surface area contributed by atoms with Crippen LogP contribution in [0.3, 0.4) is 0 Å². The normalized spacial score (nSPS) is 23.3. The lowest BCUT2D eigenvalue weighted by molar-refractivity contribution is -0.573. The molecule has 3 aliphatic carbocycles. The minimum atomic E-state index is -1.50. The van der Waals surface area contributed by atoms with Gasteiger partial charge in [0, 0.05) is 39.3 Å². The minimum Gasteiger partial charge on any atom is -0.301 e. The summed E-state index contributed by atoms with van der Waals surface area (Å²) < 4.78 is 0. The zero-order chi connectivity index (χ0) is 25.1. The molecule has 1 atom stereocenters. The number of nitrogens with one attached hydrogen (secondary N) is 1. The Morgan fingerprint density at radius 1 is 1.08 bits per heavy atom. The van der Waals surface area contributed by atoms with Gasteiger partial charge in [-0.1, -0.05) is 60.7 Å². The maximum atomic E-state index is 13.9. The molecule has 3 aliphatic rings. The molecule has 1 unspecified atom stereocenters. The van der Waals surface area contributed by atoms with E-state index in [9.17, 15) is 14.9 Å². The third-order valence-electron chi connectivity index (χ3n) is 7.56. The summed E-state index contributed by atoms with van der Waals surface area (Å²) >= 11 is 1.30. The molecule has 36 heavy (non-hydrogen) atoms. The number of amides is 1. The fourth-order valence-electron chi connectivity index (χ4n) is 5.97. The number of carbonyl (C=O) groups is 1. The number of nitrogens with zero attached hydrogens (tertiary/aromatic N) is 3. The molecule has 0 fully saturated rings. The highest BCUT2D eigenvalue weighted by Crippen LogP contribution is 2.64. The topological polar surface area (TPSA) is 109 Å². The van der Waals surface area contributed by atoms with Crippen molar-refractivity contribution in [2.24, 2.45) is 5.41 Å². The van der Waals surface area contributed by atoms with E-state index in [0.717, 1.165) is 16.7 Å². The molecule has 7 nitrogen and oxygen atoms in total. The number of benzene rings is 3. The van der Waals surface area contributed by atoms with E-state index in [4.69, 9.17) is 5.26 Å². The van der Waals surface area contributed by atoms with E-state index >= 15 is 0 Å². The molecule has 1 amide bonds. The summed E-state index contributed by atoms with van der Waals surface area (Å²) in [4.78, 5) is 31.0.